The Balaban J connectivity index is 0.000000479. The zero-order valence-corrected chi connectivity index (χ0v) is 20.3. The Morgan fingerprint density at radius 2 is 1.81 bits per heavy atom. The Morgan fingerprint density at radius 1 is 1.14 bits per heavy atom. The van der Waals surface area contributed by atoms with Gasteiger partial charge in [-0.1, -0.05) is 11.2 Å². The largest absolute Gasteiger partial charge is 0.490 e. The number of amides is 2. The molecule has 1 unspecified atom stereocenters. The number of oxime groups is 1. The molecule has 1 atom stereocenters. The average molecular weight is 521 g/mol. The maximum atomic E-state index is 13.0. The van der Waals surface area contributed by atoms with Gasteiger partial charge in [0.25, 0.3) is 11.8 Å². The fourth-order valence-electron chi connectivity index (χ4n) is 3.98. The minimum absolute atomic E-state index is 0.00337. The summed E-state index contributed by atoms with van der Waals surface area (Å²) in [5, 5.41) is 14.1. The van der Waals surface area contributed by atoms with Gasteiger partial charge in [0, 0.05) is 37.5 Å². The molecule has 2 aromatic rings. The molecule has 1 aromatic heterocycles. The van der Waals surface area contributed by atoms with Gasteiger partial charge in [-0.15, -0.1) is 0 Å². The topological polar surface area (TPSA) is 121 Å². The second-order valence-electron chi connectivity index (χ2n) is 8.96. The van der Waals surface area contributed by atoms with E-state index in [1.54, 1.807) is 12.4 Å². The Kier molecular flexibility index (Phi) is 8.51. The van der Waals surface area contributed by atoms with Crippen molar-refractivity contribution in [3.05, 3.63) is 65.0 Å². The summed E-state index contributed by atoms with van der Waals surface area (Å²) in [5.74, 6) is -3.00. The highest BCUT2D eigenvalue weighted by Crippen LogP contribution is 2.34. The molecule has 2 aliphatic rings. The van der Waals surface area contributed by atoms with Gasteiger partial charge in [-0.25, -0.2) is 4.79 Å². The van der Waals surface area contributed by atoms with Gasteiger partial charge in [-0.05, 0) is 67.6 Å². The highest BCUT2D eigenvalue weighted by atomic mass is 19.4. The molecule has 198 valence electrons. The van der Waals surface area contributed by atoms with Crippen molar-refractivity contribution in [2.75, 3.05) is 13.1 Å². The van der Waals surface area contributed by atoms with E-state index in [9.17, 15) is 22.8 Å². The average Bonchev–Trinajstić information content (AvgIpc) is 3.27. The molecular weight excluding hydrogens is 493 g/mol. The monoisotopic (exact) mass is 520 g/mol. The van der Waals surface area contributed by atoms with Gasteiger partial charge in [-0.3, -0.25) is 14.6 Å². The van der Waals surface area contributed by atoms with Crippen LogP contribution in [0.5, 0.6) is 0 Å². The lowest BCUT2D eigenvalue weighted by Gasteiger charge is -2.38. The Morgan fingerprint density at radius 3 is 2.43 bits per heavy atom. The standard InChI is InChI=1S/C23H26N4O3.C2HF3O2/c1-16-4-5-19(12-17(16)2)22(29)27-11-3-8-23(15-27)13-20(26-30-23)21(28)25-14-18-6-9-24-10-7-18;3-2(4,5)1(6)7/h4-7,9-10,12H,3,8,11,13-15H2,1-2H3,(H,25,28);(H,6,7). The lowest BCUT2D eigenvalue weighted by Crippen LogP contribution is -2.51. The van der Waals surface area contributed by atoms with Gasteiger partial charge >= 0.3 is 12.1 Å². The number of hydrogen-bond acceptors (Lipinski definition) is 6. The zero-order chi connectivity index (χ0) is 27.2. The molecule has 2 N–H and O–H groups in total. The van der Waals surface area contributed by atoms with E-state index in [-0.39, 0.29) is 11.8 Å². The summed E-state index contributed by atoms with van der Waals surface area (Å²) in [7, 11) is 0. The molecule has 1 aromatic carbocycles. The van der Waals surface area contributed by atoms with E-state index in [4.69, 9.17) is 14.7 Å². The highest BCUT2D eigenvalue weighted by Gasteiger charge is 2.45. The molecule has 3 heterocycles. The number of pyridine rings is 1. The molecule has 4 rings (SSSR count). The number of likely N-dealkylation sites (tertiary alicyclic amines) is 1. The van der Waals surface area contributed by atoms with Gasteiger partial charge < -0.3 is 20.2 Å². The van der Waals surface area contributed by atoms with Crippen LogP contribution in [-0.2, 0) is 21.0 Å². The Bertz CT molecular complexity index is 1190. The van der Waals surface area contributed by atoms with Gasteiger partial charge in [0.2, 0.25) is 0 Å². The second kappa shape index (κ2) is 11.4. The number of aliphatic carboxylic acids is 1. The van der Waals surface area contributed by atoms with E-state index in [1.165, 1.54) is 0 Å². The van der Waals surface area contributed by atoms with Crippen LogP contribution >= 0.6 is 0 Å². The zero-order valence-electron chi connectivity index (χ0n) is 20.3. The fourth-order valence-corrected chi connectivity index (χ4v) is 3.98. The molecule has 1 saturated heterocycles. The predicted molar refractivity (Wildman–Crippen MR) is 127 cm³/mol. The number of aryl methyl sites for hydroxylation is 2. The number of hydrogen-bond donors (Lipinski definition) is 2. The summed E-state index contributed by atoms with van der Waals surface area (Å²) in [6.07, 6.45) is 0.296. The first kappa shape index (κ1) is 27.6. The predicted octanol–water partition coefficient (Wildman–Crippen LogP) is 3.40. The van der Waals surface area contributed by atoms with E-state index in [2.05, 4.69) is 15.5 Å². The molecule has 12 heteroatoms. The number of carbonyl (C=O) groups excluding carboxylic acids is 2. The number of nitrogens with zero attached hydrogens (tertiary/aromatic N) is 3. The van der Waals surface area contributed by atoms with Gasteiger partial charge in [0.1, 0.15) is 5.71 Å². The summed E-state index contributed by atoms with van der Waals surface area (Å²) in [6.45, 7) is 5.56. The fraction of sp³-hybridized carbons (Fsp3) is 0.400. The van der Waals surface area contributed by atoms with Crippen LogP contribution in [0.2, 0.25) is 0 Å². The van der Waals surface area contributed by atoms with E-state index in [0.717, 1.165) is 29.5 Å². The molecule has 1 fully saturated rings. The number of alkyl halides is 3. The van der Waals surface area contributed by atoms with Crippen molar-refractivity contribution in [2.45, 2.75) is 51.4 Å². The van der Waals surface area contributed by atoms with Crippen LogP contribution in [0.4, 0.5) is 13.2 Å². The smallest absolute Gasteiger partial charge is 0.475 e. The van der Waals surface area contributed by atoms with Crippen LogP contribution in [-0.4, -0.2) is 63.4 Å². The van der Waals surface area contributed by atoms with Crippen molar-refractivity contribution in [1.29, 1.82) is 0 Å². The number of nitrogens with one attached hydrogen (secondary N) is 1. The summed E-state index contributed by atoms with van der Waals surface area (Å²) in [6, 6.07) is 9.49. The molecule has 0 radical (unpaired) electrons. The van der Waals surface area contributed by atoms with Crippen molar-refractivity contribution in [2.24, 2.45) is 5.16 Å². The van der Waals surface area contributed by atoms with Crippen molar-refractivity contribution in [3.63, 3.8) is 0 Å². The molecule has 1 spiro atoms. The van der Waals surface area contributed by atoms with Crippen LogP contribution in [0.3, 0.4) is 0 Å². The molecule has 0 aliphatic carbocycles. The number of benzene rings is 1. The molecule has 0 saturated carbocycles. The second-order valence-corrected chi connectivity index (χ2v) is 8.96. The van der Waals surface area contributed by atoms with Crippen molar-refractivity contribution >= 4 is 23.5 Å². The number of halogens is 3. The number of rotatable bonds is 4. The number of carboxylic acids is 1. The number of carbonyl (C=O) groups is 3. The van der Waals surface area contributed by atoms with Gasteiger partial charge in [0.05, 0.1) is 6.54 Å². The van der Waals surface area contributed by atoms with E-state index in [0.29, 0.717) is 37.3 Å². The number of piperidine rings is 1. The molecule has 2 amide bonds. The molecular formula is C25H27F3N4O5. The minimum Gasteiger partial charge on any atom is -0.475 e. The molecule has 9 nitrogen and oxygen atoms in total. The van der Waals surface area contributed by atoms with E-state index in [1.807, 2.05) is 49.1 Å². The summed E-state index contributed by atoms with van der Waals surface area (Å²) >= 11 is 0. The summed E-state index contributed by atoms with van der Waals surface area (Å²) < 4.78 is 31.7. The number of aromatic nitrogens is 1. The maximum Gasteiger partial charge on any atom is 0.490 e. The van der Waals surface area contributed by atoms with Crippen LogP contribution < -0.4 is 5.32 Å². The van der Waals surface area contributed by atoms with Gasteiger partial charge in [-0.2, -0.15) is 13.2 Å². The van der Waals surface area contributed by atoms with Gasteiger partial charge in [0.15, 0.2) is 5.60 Å². The van der Waals surface area contributed by atoms with Crippen molar-refractivity contribution in [1.82, 2.24) is 15.2 Å². The third-order valence-corrected chi connectivity index (χ3v) is 6.13. The van der Waals surface area contributed by atoms with E-state index < -0.39 is 17.7 Å². The first-order valence-electron chi connectivity index (χ1n) is 11.5. The minimum atomic E-state index is -5.08. The van der Waals surface area contributed by atoms with Crippen LogP contribution in [0.1, 0.15) is 46.3 Å². The third-order valence-electron chi connectivity index (χ3n) is 6.13. The normalized spacial score (nSPS) is 18.8. The van der Waals surface area contributed by atoms with Crippen LogP contribution in [0.15, 0.2) is 47.9 Å². The summed E-state index contributed by atoms with van der Waals surface area (Å²) in [4.78, 5) is 46.0. The molecule has 2 aliphatic heterocycles. The number of carboxylic acid groups (broad SMARTS) is 1. The Hall–Kier alpha value is -3.96. The van der Waals surface area contributed by atoms with Crippen molar-refractivity contribution in [3.8, 4) is 0 Å². The first-order chi connectivity index (χ1) is 17.4. The first-order valence-corrected chi connectivity index (χ1v) is 11.5. The van der Waals surface area contributed by atoms with Crippen LogP contribution in [0.25, 0.3) is 0 Å². The van der Waals surface area contributed by atoms with E-state index >= 15 is 0 Å². The van der Waals surface area contributed by atoms with Crippen LogP contribution in [0, 0.1) is 13.8 Å². The highest BCUT2D eigenvalue weighted by molar-refractivity contribution is 6.39. The Labute approximate surface area is 211 Å². The molecule has 0 bridgehead atoms. The lowest BCUT2D eigenvalue weighted by atomic mass is 9.87. The maximum absolute atomic E-state index is 13.0. The quantitative estimate of drug-likeness (QED) is 0.638. The lowest BCUT2D eigenvalue weighted by molar-refractivity contribution is -0.192. The summed E-state index contributed by atoms with van der Waals surface area (Å²) in [5.41, 5.74) is 3.68. The molecule has 37 heavy (non-hydrogen) atoms. The SMILES string of the molecule is Cc1ccc(C(=O)N2CCCC3(CC(C(=O)NCc4ccncc4)=NO3)C2)cc1C.O=C(O)C(F)(F)F. The van der Waals surface area contributed by atoms with Crippen molar-refractivity contribution < 1.29 is 37.5 Å². The third kappa shape index (κ3) is 7.28.